The number of rotatable bonds is 65. The molecule has 0 radical (unpaired) electrons. The zero-order valence-corrected chi connectivity index (χ0v) is 53.2. The van der Waals surface area contributed by atoms with Gasteiger partial charge >= 0.3 is 17.9 Å². The third kappa shape index (κ3) is 66.1. The van der Waals surface area contributed by atoms with Gasteiger partial charge in [-0.1, -0.05) is 352 Å². The quantitative estimate of drug-likeness (QED) is 0.0261. The molecule has 1 atom stereocenters. The molecule has 1 unspecified atom stereocenters. The molecule has 79 heavy (non-hydrogen) atoms. The average molecular weight is 1110 g/mol. The zero-order valence-electron chi connectivity index (χ0n) is 53.2. The molecule has 6 nitrogen and oxygen atoms in total. The fourth-order valence-electron chi connectivity index (χ4n) is 10.6. The monoisotopic (exact) mass is 1110 g/mol. The van der Waals surface area contributed by atoms with Crippen molar-refractivity contribution < 1.29 is 28.6 Å². The van der Waals surface area contributed by atoms with E-state index in [0.29, 0.717) is 19.3 Å². The van der Waals surface area contributed by atoms with E-state index in [2.05, 4.69) is 69.4 Å². The first-order valence-electron chi connectivity index (χ1n) is 35.1. The molecule has 0 fully saturated rings. The number of allylic oxidation sites excluding steroid dienone is 8. The first-order chi connectivity index (χ1) is 39.0. The van der Waals surface area contributed by atoms with Crippen molar-refractivity contribution in [2.24, 2.45) is 0 Å². The Hall–Kier alpha value is -2.63. The van der Waals surface area contributed by atoms with Crippen LogP contribution in [-0.4, -0.2) is 37.2 Å². The van der Waals surface area contributed by atoms with E-state index in [-0.39, 0.29) is 31.1 Å². The van der Waals surface area contributed by atoms with Crippen LogP contribution in [0.4, 0.5) is 0 Å². The summed E-state index contributed by atoms with van der Waals surface area (Å²) in [7, 11) is 0. The summed E-state index contributed by atoms with van der Waals surface area (Å²) in [5.74, 6) is -0.841. The van der Waals surface area contributed by atoms with Crippen molar-refractivity contribution >= 4 is 17.9 Å². The average Bonchev–Trinajstić information content (AvgIpc) is 3.45. The van der Waals surface area contributed by atoms with Crippen molar-refractivity contribution in [3.8, 4) is 0 Å². The predicted octanol–water partition coefficient (Wildman–Crippen LogP) is 24.1. The normalized spacial score (nSPS) is 12.3. The molecule has 0 spiro atoms. The van der Waals surface area contributed by atoms with Crippen LogP contribution in [0.3, 0.4) is 0 Å². The van der Waals surface area contributed by atoms with Gasteiger partial charge in [0.2, 0.25) is 0 Å². The Balaban J connectivity index is 4.14. The van der Waals surface area contributed by atoms with Crippen molar-refractivity contribution in [3.63, 3.8) is 0 Å². The van der Waals surface area contributed by atoms with Crippen LogP contribution in [0.2, 0.25) is 0 Å². The maximum Gasteiger partial charge on any atom is 0.306 e. The highest BCUT2D eigenvalue weighted by Crippen LogP contribution is 2.19. The second-order valence-electron chi connectivity index (χ2n) is 23.8. The van der Waals surface area contributed by atoms with Crippen molar-refractivity contribution in [3.05, 3.63) is 48.6 Å². The SMILES string of the molecule is CC/C=C\C/C=C\C/C=C\C/C=C\CCCCCCCCCCCCCCCCC(=O)OCC(COC(=O)CCCCCCCCCCCC)OC(=O)CCCCCCCCCCCCCCCCCCCCCCCCCC. The van der Waals surface area contributed by atoms with E-state index >= 15 is 0 Å². The Kier molecular flexibility index (Phi) is 65.6. The van der Waals surface area contributed by atoms with Gasteiger partial charge in [0.05, 0.1) is 0 Å². The van der Waals surface area contributed by atoms with Gasteiger partial charge in [-0.3, -0.25) is 14.4 Å². The largest absolute Gasteiger partial charge is 0.462 e. The van der Waals surface area contributed by atoms with Crippen LogP contribution in [-0.2, 0) is 28.6 Å². The highest BCUT2D eigenvalue weighted by atomic mass is 16.6. The summed E-state index contributed by atoms with van der Waals surface area (Å²) in [5.41, 5.74) is 0. The topological polar surface area (TPSA) is 78.9 Å². The molecule has 0 aromatic carbocycles. The Morgan fingerprint density at radius 3 is 0.772 bits per heavy atom. The fourth-order valence-corrected chi connectivity index (χ4v) is 10.6. The van der Waals surface area contributed by atoms with Gasteiger partial charge in [-0.2, -0.15) is 0 Å². The van der Waals surface area contributed by atoms with Crippen LogP contribution in [0, 0.1) is 0 Å². The molecule has 0 aliphatic heterocycles. The Morgan fingerprint density at radius 2 is 0.494 bits per heavy atom. The summed E-state index contributed by atoms with van der Waals surface area (Å²) in [6.07, 6.45) is 85.8. The van der Waals surface area contributed by atoms with E-state index < -0.39 is 6.10 Å². The van der Waals surface area contributed by atoms with Crippen LogP contribution in [0.5, 0.6) is 0 Å². The van der Waals surface area contributed by atoms with E-state index in [9.17, 15) is 14.4 Å². The second kappa shape index (κ2) is 67.9. The summed E-state index contributed by atoms with van der Waals surface area (Å²) < 4.78 is 17.0. The van der Waals surface area contributed by atoms with E-state index in [1.165, 1.54) is 257 Å². The minimum atomic E-state index is -0.769. The van der Waals surface area contributed by atoms with Crippen LogP contribution in [0.1, 0.15) is 380 Å². The summed E-state index contributed by atoms with van der Waals surface area (Å²) >= 11 is 0. The first-order valence-corrected chi connectivity index (χ1v) is 35.1. The lowest BCUT2D eigenvalue weighted by Crippen LogP contribution is -2.30. The van der Waals surface area contributed by atoms with Crippen LogP contribution < -0.4 is 0 Å². The van der Waals surface area contributed by atoms with E-state index in [1.54, 1.807) is 0 Å². The van der Waals surface area contributed by atoms with Crippen LogP contribution in [0.25, 0.3) is 0 Å². The maximum atomic E-state index is 12.9. The summed E-state index contributed by atoms with van der Waals surface area (Å²) in [6, 6.07) is 0. The van der Waals surface area contributed by atoms with Crippen molar-refractivity contribution in [2.45, 2.75) is 386 Å². The molecule has 0 saturated carbocycles. The number of ether oxygens (including phenoxy) is 3. The standard InChI is InChI=1S/C73H134O6/c1-4-7-10-13-16-19-22-24-26-28-30-32-34-36-37-38-40-41-43-45-47-49-51-54-57-60-63-66-72(75)78-69-70(68-77-71(74)65-62-59-56-53-21-18-15-12-9-6-3)79-73(76)67-64-61-58-55-52-50-48-46-44-42-39-35-33-31-29-27-25-23-20-17-14-11-8-5-2/h7,10,16,19,24,26,30,32,70H,4-6,8-9,11-15,17-18,20-23,25,27-29,31,33-69H2,1-3H3/b10-7-,19-16-,26-24-,32-30-. The molecule has 0 bridgehead atoms. The van der Waals surface area contributed by atoms with Gasteiger partial charge in [0.25, 0.3) is 0 Å². The molecule has 0 aliphatic carbocycles. The van der Waals surface area contributed by atoms with Gasteiger partial charge in [-0.15, -0.1) is 0 Å². The number of unbranched alkanes of at least 4 members (excludes halogenated alkanes) is 46. The van der Waals surface area contributed by atoms with Gasteiger partial charge in [-0.05, 0) is 57.8 Å². The van der Waals surface area contributed by atoms with E-state index in [4.69, 9.17) is 14.2 Å². The molecular formula is C73H134O6. The van der Waals surface area contributed by atoms with Gasteiger partial charge in [0.1, 0.15) is 13.2 Å². The molecule has 0 aromatic heterocycles. The molecule has 0 N–H and O–H groups in total. The molecule has 462 valence electrons. The lowest BCUT2D eigenvalue weighted by molar-refractivity contribution is -0.167. The summed E-state index contributed by atoms with van der Waals surface area (Å²) in [4.78, 5) is 38.3. The van der Waals surface area contributed by atoms with Crippen molar-refractivity contribution in [1.82, 2.24) is 0 Å². The van der Waals surface area contributed by atoms with Crippen molar-refractivity contribution in [1.29, 1.82) is 0 Å². The predicted molar refractivity (Wildman–Crippen MR) is 344 cm³/mol. The number of hydrogen-bond donors (Lipinski definition) is 0. The molecule has 0 saturated heterocycles. The van der Waals surface area contributed by atoms with Gasteiger partial charge in [0, 0.05) is 19.3 Å². The summed E-state index contributed by atoms with van der Waals surface area (Å²) in [6.45, 7) is 6.59. The van der Waals surface area contributed by atoms with Crippen LogP contribution in [0.15, 0.2) is 48.6 Å². The highest BCUT2D eigenvalue weighted by Gasteiger charge is 2.19. The van der Waals surface area contributed by atoms with Crippen LogP contribution >= 0.6 is 0 Å². The molecule has 0 rings (SSSR count). The van der Waals surface area contributed by atoms with Gasteiger partial charge in [0.15, 0.2) is 6.10 Å². The molecule has 6 heteroatoms. The third-order valence-electron chi connectivity index (χ3n) is 15.8. The lowest BCUT2D eigenvalue weighted by atomic mass is 10.0. The first kappa shape index (κ1) is 76.4. The molecule has 0 aromatic rings. The Labute approximate surface area is 492 Å². The smallest absolute Gasteiger partial charge is 0.306 e. The number of esters is 3. The number of carbonyl (C=O) groups is 3. The highest BCUT2D eigenvalue weighted by molar-refractivity contribution is 5.71. The molecular weight excluding hydrogens is 973 g/mol. The van der Waals surface area contributed by atoms with E-state index in [0.717, 1.165) is 83.5 Å². The molecule has 0 aliphatic rings. The third-order valence-corrected chi connectivity index (χ3v) is 15.8. The minimum absolute atomic E-state index is 0.0667. The molecule has 0 amide bonds. The molecule has 0 heterocycles. The Morgan fingerprint density at radius 1 is 0.266 bits per heavy atom. The second-order valence-corrected chi connectivity index (χ2v) is 23.8. The Bertz CT molecular complexity index is 1360. The number of hydrogen-bond acceptors (Lipinski definition) is 6. The van der Waals surface area contributed by atoms with E-state index in [1.807, 2.05) is 0 Å². The summed E-state index contributed by atoms with van der Waals surface area (Å²) in [5, 5.41) is 0. The zero-order chi connectivity index (χ0) is 57.1. The fraction of sp³-hybridized carbons (Fsp3) is 0.849. The minimum Gasteiger partial charge on any atom is -0.462 e. The van der Waals surface area contributed by atoms with Gasteiger partial charge in [-0.25, -0.2) is 0 Å². The van der Waals surface area contributed by atoms with Crippen molar-refractivity contribution in [2.75, 3.05) is 13.2 Å². The van der Waals surface area contributed by atoms with Gasteiger partial charge < -0.3 is 14.2 Å². The maximum absolute atomic E-state index is 12.9. The lowest BCUT2D eigenvalue weighted by Gasteiger charge is -2.18. The number of carbonyl (C=O) groups excluding carboxylic acids is 3.